The first-order valence-electron chi connectivity index (χ1n) is 8.37. The summed E-state index contributed by atoms with van der Waals surface area (Å²) in [5, 5.41) is 2.78. The molecule has 0 spiro atoms. The van der Waals surface area contributed by atoms with E-state index >= 15 is 0 Å². The molecule has 0 saturated heterocycles. The van der Waals surface area contributed by atoms with E-state index in [0.717, 1.165) is 4.31 Å². The summed E-state index contributed by atoms with van der Waals surface area (Å²) < 4.78 is 31.3. The number of hydrogen-bond donors (Lipinski definition) is 1. The largest absolute Gasteiger partial charge is 0.493 e. The van der Waals surface area contributed by atoms with Gasteiger partial charge in [0.1, 0.15) is 10.6 Å². The summed E-state index contributed by atoms with van der Waals surface area (Å²) in [4.78, 5) is 12.4. The number of ether oxygens (including phenoxy) is 1. The molecule has 0 aromatic heterocycles. The number of amides is 1. The number of halogens is 1. The molecular formula is C19H23ClN2O4S. The van der Waals surface area contributed by atoms with E-state index in [1.165, 1.54) is 26.2 Å². The molecule has 146 valence electrons. The molecule has 0 fully saturated rings. The van der Waals surface area contributed by atoms with Crippen LogP contribution in [0.3, 0.4) is 0 Å². The van der Waals surface area contributed by atoms with Crippen molar-refractivity contribution in [2.45, 2.75) is 18.7 Å². The Bertz CT molecular complexity index is 910. The molecule has 1 N–H and O–H groups in total. The third-order valence-corrected chi connectivity index (χ3v) is 5.94. The smallest absolute Gasteiger partial charge is 0.255 e. The Morgan fingerprint density at radius 3 is 2.33 bits per heavy atom. The topological polar surface area (TPSA) is 75.7 Å². The minimum Gasteiger partial charge on any atom is -0.493 e. The highest BCUT2D eigenvalue weighted by molar-refractivity contribution is 7.89. The first-order valence-corrected chi connectivity index (χ1v) is 10.2. The van der Waals surface area contributed by atoms with Gasteiger partial charge in [-0.25, -0.2) is 12.7 Å². The summed E-state index contributed by atoms with van der Waals surface area (Å²) in [5.41, 5.74) is 0.767. The number of nitrogens with one attached hydrogen (secondary N) is 1. The number of hydrogen-bond acceptors (Lipinski definition) is 4. The van der Waals surface area contributed by atoms with Crippen LogP contribution in [-0.2, 0) is 10.0 Å². The maximum atomic E-state index is 12.4. The van der Waals surface area contributed by atoms with E-state index in [-0.39, 0.29) is 15.8 Å². The van der Waals surface area contributed by atoms with E-state index in [9.17, 15) is 13.2 Å². The predicted molar refractivity (Wildman–Crippen MR) is 107 cm³/mol. The molecule has 8 heteroatoms. The molecule has 6 nitrogen and oxygen atoms in total. The van der Waals surface area contributed by atoms with Crippen molar-refractivity contribution in [3.05, 3.63) is 53.1 Å². The van der Waals surface area contributed by atoms with Crippen molar-refractivity contribution in [1.82, 2.24) is 4.31 Å². The van der Waals surface area contributed by atoms with Gasteiger partial charge < -0.3 is 10.1 Å². The van der Waals surface area contributed by atoms with Gasteiger partial charge in [0.05, 0.1) is 11.6 Å². The second-order valence-corrected chi connectivity index (χ2v) is 9.14. The Morgan fingerprint density at radius 1 is 1.15 bits per heavy atom. The standard InChI is InChI=1S/C19H23ClN2O4S/c1-13(2)12-26-16-8-5-14(6-9-16)19(23)21-15-7-10-17(20)18(11-15)27(24,25)22(3)4/h5-11,13H,12H2,1-4H3,(H,21,23). The molecule has 0 atom stereocenters. The van der Waals surface area contributed by atoms with Crippen LogP contribution in [-0.4, -0.2) is 39.3 Å². The first-order chi connectivity index (χ1) is 12.6. The van der Waals surface area contributed by atoms with Crippen LogP contribution in [0.15, 0.2) is 47.4 Å². The molecule has 0 bridgehead atoms. The van der Waals surface area contributed by atoms with Gasteiger partial charge in [-0.2, -0.15) is 0 Å². The second-order valence-electron chi connectivity index (χ2n) is 6.62. The van der Waals surface area contributed by atoms with Gasteiger partial charge in [-0.3, -0.25) is 4.79 Å². The fraction of sp³-hybridized carbons (Fsp3) is 0.316. The van der Waals surface area contributed by atoms with E-state index in [4.69, 9.17) is 16.3 Å². The third kappa shape index (κ3) is 5.45. The monoisotopic (exact) mass is 410 g/mol. The molecule has 0 aliphatic carbocycles. The van der Waals surface area contributed by atoms with Gasteiger partial charge in [-0.15, -0.1) is 0 Å². The highest BCUT2D eigenvalue weighted by Gasteiger charge is 2.21. The number of carbonyl (C=O) groups excluding carboxylic acids is 1. The lowest BCUT2D eigenvalue weighted by Gasteiger charge is -2.14. The minimum absolute atomic E-state index is 0.0654. The molecule has 2 aromatic rings. The van der Waals surface area contributed by atoms with Crippen LogP contribution < -0.4 is 10.1 Å². The van der Waals surface area contributed by atoms with Crippen LogP contribution in [0.25, 0.3) is 0 Å². The molecule has 1 amide bonds. The average molecular weight is 411 g/mol. The number of rotatable bonds is 7. The molecule has 2 aromatic carbocycles. The minimum atomic E-state index is -3.72. The van der Waals surface area contributed by atoms with Crippen molar-refractivity contribution in [2.75, 3.05) is 26.0 Å². The molecule has 0 aliphatic rings. The summed E-state index contributed by atoms with van der Waals surface area (Å²) in [6, 6.07) is 11.1. The van der Waals surface area contributed by atoms with Gasteiger partial charge in [0.15, 0.2) is 0 Å². The zero-order valence-corrected chi connectivity index (χ0v) is 17.3. The average Bonchev–Trinajstić information content (AvgIpc) is 2.61. The molecule has 27 heavy (non-hydrogen) atoms. The molecule has 0 heterocycles. The highest BCUT2D eigenvalue weighted by atomic mass is 35.5. The molecule has 2 rings (SSSR count). The van der Waals surface area contributed by atoms with Crippen LogP contribution in [0, 0.1) is 5.92 Å². The Morgan fingerprint density at radius 2 is 1.78 bits per heavy atom. The van der Waals surface area contributed by atoms with Crippen LogP contribution in [0.2, 0.25) is 5.02 Å². The van der Waals surface area contributed by atoms with Crippen molar-refractivity contribution in [3.63, 3.8) is 0 Å². The Hall–Kier alpha value is -2.09. The summed E-state index contributed by atoms with van der Waals surface area (Å²) in [6.07, 6.45) is 0. The van der Waals surface area contributed by atoms with E-state index in [1.807, 2.05) is 0 Å². The third-order valence-electron chi connectivity index (χ3n) is 3.65. The van der Waals surface area contributed by atoms with Gasteiger partial charge in [0, 0.05) is 25.3 Å². The zero-order chi connectivity index (χ0) is 20.2. The maximum Gasteiger partial charge on any atom is 0.255 e. The fourth-order valence-corrected chi connectivity index (χ4v) is 3.54. The lowest BCUT2D eigenvalue weighted by Crippen LogP contribution is -2.23. The second kappa shape index (κ2) is 8.73. The number of benzene rings is 2. The maximum absolute atomic E-state index is 12.4. The first kappa shape index (κ1) is 21.2. The molecule has 0 saturated carbocycles. The van der Waals surface area contributed by atoms with Gasteiger partial charge in [0.25, 0.3) is 5.91 Å². The van der Waals surface area contributed by atoms with Crippen molar-refractivity contribution < 1.29 is 17.9 Å². The van der Waals surface area contributed by atoms with Crippen molar-refractivity contribution in [3.8, 4) is 5.75 Å². The van der Waals surface area contributed by atoms with E-state index < -0.39 is 10.0 Å². The number of anilines is 1. The van der Waals surface area contributed by atoms with Crippen molar-refractivity contribution in [1.29, 1.82) is 0 Å². The van der Waals surface area contributed by atoms with Crippen LogP contribution in [0.4, 0.5) is 5.69 Å². The van der Waals surface area contributed by atoms with Gasteiger partial charge in [-0.05, 0) is 48.4 Å². The summed E-state index contributed by atoms with van der Waals surface area (Å²) in [7, 11) is -0.883. The quantitative estimate of drug-likeness (QED) is 0.751. The lowest BCUT2D eigenvalue weighted by atomic mass is 10.2. The van der Waals surface area contributed by atoms with E-state index in [2.05, 4.69) is 19.2 Å². The molecule has 0 unspecified atom stereocenters. The molecule has 0 radical (unpaired) electrons. The fourth-order valence-electron chi connectivity index (χ4n) is 2.14. The van der Waals surface area contributed by atoms with Crippen LogP contribution in [0.1, 0.15) is 24.2 Å². The van der Waals surface area contributed by atoms with Gasteiger partial charge in [0.2, 0.25) is 10.0 Å². The summed E-state index contributed by atoms with van der Waals surface area (Å²) in [5.74, 6) is 0.734. The van der Waals surface area contributed by atoms with Gasteiger partial charge in [-0.1, -0.05) is 25.4 Å². The Kier molecular flexibility index (Phi) is 6.86. The molecule has 0 aliphatic heterocycles. The van der Waals surface area contributed by atoms with Gasteiger partial charge >= 0.3 is 0 Å². The summed E-state index contributed by atoms with van der Waals surface area (Å²) in [6.45, 7) is 4.71. The number of sulfonamides is 1. The highest BCUT2D eigenvalue weighted by Crippen LogP contribution is 2.27. The SMILES string of the molecule is CC(C)COc1ccc(C(=O)Nc2ccc(Cl)c(S(=O)(=O)N(C)C)c2)cc1. The van der Waals surface area contributed by atoms with Crippen molar-refractivity contribution in [2.24, 2.45) is 5.92 Å². The number of nitrogens with zero attached hydrogens (tertiary/aromatic N) is 1. The lowest BCUT2D eigenvalue weighted by molar-refractivity contribution is 0.102. The Labute approximate surface area is 165 Å². The van der Waals surface area contributed by atoms with Crippen LogP contribution in [0.5, 0.6) is 5.75 Å². The predicted octanol–water partition coefficient (Wildman–Crippen LogP) is 3.88. The van der Waals surface area contributed by atoms with Crippen molar-refractivity contribution >= 4 is 33.2 Å². The normalized spacial score (nSPS) is 11.7. The zero-order valence-electron chi connectivity index (χ0n) is 15.7. The van der Waals surface area contributed by atoms with E-state index in [0.29, 0.717) is 29.5 Å². The molecular weight excluding hydrogens is 388 g/mol. The van der Waals surface area contributed by atoms with E-state index in [1.54, 1.807) is 30.3 Å². The Balaban J connectivity index is 2.16. The summed E-state index contributed by atoms with van der Waals surface area (Å²) >= 11 is 6.02. The number of carbonyl (C=O) groups is 1. The van der Waals surface area contributed by atoms with Crippen LogP contribution >= 0.6 is 11.6 Å².